The van der Waals surface area contributed by atoms with Gasteiger partial charge in [-0.15, -0.1) is 0 Å². The van der Waals surface area contributed by atoms with Crippen LogP contribution < -0.4 is 5.32 Å². The predicted molar refractivity (Wildman–Crippen MR) is 217 cm³/mol. The number of aliphatic hydroxyl groups is 1. The van der Waals surface area contributed by atoms with E-state index in [4.69, 9.17) is 0 Å². The van der Waals surface area contributed by atoms with Crippen LogP contribution in [0.25, 0.3) is 11.1 Å². The molecule has 0 amide bonds. The highest BCUT2D eigenvalue weighted by molar-refractivity contribution is 5.74. The van der Waals surface area contributed by atoms with Crippen molar-refractivity contribution in [3.8, 4) is 23.0 Å². The van der Waals surface area contributed by atoms with Crippen LogP contribution in [-0.2, 0) is 6.42 Å². The number of aliphatic hydroxyl groups excluding tert-OH is 1. The summed E-state index contributed by atoms with van der Waals surface area (Å²) in [5, 5.41) is 13.1. The standard InChI is InChI=1S/C27H46O.C16H12.C6H7N/c1-18(2)7-6-8-19(3)23-11-12-24-22-10-9-20-17-21(28)13-15-26(20,4)25(22)14-16-27(23,24)5;1-2-8-14-10-4-6-12-16(14)15-11-5-3-9-13(15)7-1;1-2-4-6-7-5-3-1/h9,18-19,21-25,28H,6-8,10-17H2,1-5H3;3-6,9-12H,1,7H2;1-7H/t19?,21-,22-,23+,24-,25-,26-,27+;;/m0../s1. The van der Waals surface area contributed by atoms with Crippen LogP contribution in [0.15, 0.2) is 96.9 Å². The lowest BCUT2D eigenvalue weighted by Crippen LogP contribution is -2.50. The quantitative estimate of drug-likeness (QED) is 0.243. The lowest BCUT2D eigenvalue weighted by atomic mass is 9.47. The summed E-state index contributed by atoms with van der Waals surface area (Å²) in [7, 11) is 0. The van der Waals surface area contributed by atoms with E-state index < -0.39 is 0 Å². The highest BCUT2D eigenvalue weighted by Gasteiger charge is 2.59. The summed E-state index contributed by atoms with van der Waals surface area (Å²) in [4.78, 5) is 0. The molecule has 6 aliphatic rings. The van der Waals surface area contributed by atoms with Gasteiger partial charge in [0.2, 0.25) is 0 Å². The van der Waals surface area contributed by atoms with E-state index in [1.54, 1.807) is 5.57 Å². The van der Waals surface area contributed by atoms with Gasteiger partial charge in [0.15, 0.2) is 0 Å². The maximum Gasteiger partial charge on any atom is 0.0577 e. The zero-order valence-electron chi connectivity index (χ0n) is 32.3. The summed E-state index contributed by atoms with van der Waals surface area (Å²) in [5.41, 5.74) is 7.77. The highest BCUT2D eigenvalue weighted by atomic mass is 16.3. The molecule has 0 bridgehead atoms. The molecule has 0 radical (unpaired) electrons. The number of allylic oxidation sites excluding steroid dienone is 5. The van der Waals surface area contributed by atoms with Crippen molar-refractivity contribution in [3.63, 3.8) is 0 Å². The first kappa shape index (κ1) is 37.5. The molecule has 1 unspecified atom stereocenters. The van der Waals surface area contributed by atoms with Gasteiger partial charge >= 0.3 is 0 Å². The molecular weight excluding hydrogens is 619 g/mol. The van der Waals surface area contributed by atoms with Crippen molar-refractivity contribution < 1.29 is 5.11 Å². The third-order valence-corrected chi connectivity index (χ3v) is 14.0. The van der Waals surface area contributed by atoms with E-state index in [1.165, 1.54) is 74.5 Å². The first-order valence-electron chi connectivity index (χ1n) is 20.5. The number of nitrogens with one attached hydrogen (secondary N) is 1. The molecule has 8 rings (SSSR count). The average Bonchev–Trinajstić information content (AvgIpc) is 3.25. The highest BCUT2D eigenvalue weighted by Crippen LogP contribution is 2.67. The third kappa shape index (κ3) is 8.52. The Bertz CT molecular complexity index is 1630. The van der Waals surface area contributed by atoms with Crippen molar-refractivity contribution in [3.05, 3.63) is 108 Å². The summed E-state index contributed by atoms with van der Waals surface area (Å²) in [6, 6.07) is 17.0. The van der Waals surface area contributed by atoms with E-state index >= 15 is 0 Å². The van der Waals surface area contributed by atoms with Crippen molar-refractivity contribution in [2.75, 3.05) is 0 Å². The smallest absolute Gasteiger partial charge is 0.0577 e. The Labute approximate surface area is 311 Å². The molecule has 1 aliphatic heterocycles. The molecule has 0 spiro atoms. The van der Waals surface area contributed by atoms with E-state index in [0.717, 1.165) is 66.8 Å². The van der Waals surface area contributed by atoms with Gasteiger partial charge in [-0.05, 0) is 139 Å². The molecule has 2 heteroatoms. The minimum Gasteiger partial charge on any atom is -0.393 e. The molecule has 2 N–H and O–H groups in total. The van der Waals surface area contributed by atoms with Crippen molar-refractivity contribution >= 4 is 0 Å². The van der Waals surface area contributed by atoms with Gasteiger partial charge in [0.05, 0.1) is 6.10 Å². The van der Waals surface area contributed by atoms with Crippen LogP contribution in [0, 0.1) is 58.2 Å². The van der Waals surface area contributed by atoms with Crippen molar-refractivity contribution in [2.24, 2.45) is 46.3 Å². The Morgan fingerprint density at radius 2 is 1.57 bits per heavy atom. The van der Waals surface area contributed by atoms with Gasteiger partial charge in [0.25, 0.3) is 0 Å². The number of fused-ring (bicyclic) bond motifs is 8. The number of hydrogen-bond acceptors (Lipinski definition) is 2. The Hall–Kier alpha value is -3.28. The molecule has 51 heavy (non-hydrogen) atoms. The van der Waals surface area contributed by atoms with Crippen LogP contribution in [-0.4, -0.2) is 11.2 Å². The summed E-state index contributed by atoms with van der Waals surface area (Å²) >= 11 is 0. The average molecular weight is 684 g/mol. The van der Waals surface area contributed by atoms with Gasteiger partial charge in [0, 0.05) is 24.4 Å². The maximum absolute atomic E-state index is 10.2. The van der Waals surface area contributed by atoms with Gasteiger partial charge in [0.1, 0.15) is 0 Å². The van der Waals surface area contributed by atoms with Crippen LogP contribution >= 0.6 is 0 Å². The van der Waals surface area contributed by atoms with E-state index in [-0.39, 0.29) is 6.10 Å². The van der Waals surface area contributed by atoms with Gasteiger partial charge in [-0.25, -0.2) is 0 Å². The number of rotatable bonds is 5. The molecule has 8 atom stereocenters. The predicted octanol–water partition coefficient (Wildman–Crippen LogP) is 12.2. The Balaban J connectivity index is 0.000000162. The minimum absolute atomic E-state index is 0.0766. The van der Waals surface area contributed by atoms with Crippen LogP contribution in [0.3, 0.4) is 0 Å². The van der Waals surface area contributed by atoms with E-state index in [0.29, 0.717) is 10.8 Å². The molecule has 2 nitrogen and oxygen atoms in total. The second-order valence-electron chi connectivity index (χ2n) is 17.5. The zero-order valence-corrected chi connectivity index (χ0v) is 32.3. The Morgan fingerprint density at radius 3 is 2.35 bits per heavy atom. The lowest BCUT2D eigenvalue weighted by Gasteiger charge is -2.58. The fourth-order valence-electron chi connectivity index (χ4n) is 11.3. The number of aryl methyl sites for hydroxylation is 1. The monoisotopic (exact) mass is 684 g/mol. The summed E-state index contributed by atoms with van der Waals surface area (Å²) in [5.74, 6) is 11.9. The van der Waals surface area contributed by atoms with Crippen molar-refractivity contribution in [1.29, 1.82) is 0 Å². The molecule has 1 heterocycles. The van der Waals surface area contributed by atoms with Crippen LogP contribution in [0.2, 0.25) is 0 Å². The molecule has 2 aromatic carbocycles. The second kappa shape index (κ2) is 17.0. The van der Waals surface area contributed by atoms with Gasteiger partial charge in [-0.2, -0.15) is 0 Å². The van der Waals surface area contributed by atoms with Gasteiger partial charge < -0.3 is 10.4 Å². The largest absolute Gasteiger partial charge is 0.393 e. The van der Waals surface area contributed by atoms with E-state index in [9.17, 15) is 5.11 Å². The minimum atomic E-state index is -0.0766. The Morgan fingerprint density at radius 1 is 0.824 bits per heavy atom. The van der Waals surface area contributed by atoms with E-state index in [1.807, 2.05) is 36.7 Å². The van der Waals surface area contributed by atoms with Gasteiger partial charge in [-0.1, -0.05) is 132 Å². The normalized spacial score (nSPS) is 31.7. The maximum atomic E-state index is 10.2. The van der Waals surface area contributed by atoms with Crippen LogP contribution in [0.4, 0.5) is 0 Å². The van der Waals surface area contributed by atoms with Crippen molar-refractivity contribution in [1.82, 2.24) is 5.32 Å². The molecule has 3 fully saturated rings. The van der Waals surface area contributed by atoms with Crippen LogP contribution in [0.5, 0.6) is 0 Å². The molecule has 3 saturated carbocycles. The molecule has 0 saturated heterocycles. The third-order valence-electron chi connectivity index (χ3n) is 14.0. The fraction of sp³-hybridized carbons (Fsp3) is 0.551. The zero-order chi connectivity index (χ0) is 35.8. The summed E-state index contributed by atoms with van der Waals surface area (Å²) < 4.78 is 0. The van der Waals surface area contributed by atoms with Crippen molar-refractivity contribution in [2.45, 2.75) is 124 Å². The fourth-order valence-corrected chi connectivity index (χ4v) is 11.3. The van der Waals surface area contributed by atoms with Crippen LogP contribution in [0.1, 0.15) is 123 Å². The Kier molecular flexibility index (Phi) is 12.5. The molecule has 272 valence electrons. The summed E-state index contributed by atoms with van der Waals surface area (Å²) in [6.07, 6.45) is 30.7. The lowest BCUT2D eigenvalue weighted by molar-refractivity contribution is -0.0573. The topological polar surface area (TPSA) is 32.3 Å². The molecule has 0 aromatic heterocycles. The first-order chi connectivity index (χ1) is 24.7. The SMILES string of the molecule is C1#Cc2ccccc2-c2ccccc2CC1.C1=CC=CNC=C1.CC(C)CCCC(C)[C@H]1CC[C@H]2[C@@H]3CC=C4C[C@@H](O)CC[C@]4(C)[C@H]3CC[C@]12C. The second-order valence-corrected chi connectivity index (χ2v) is 17.5. The van der Waals surface area contributed by atoms with E-state index in [2.05, 4.69) is 106 Å². The first-order valence-corrected chi connectivity index (χ1v) is 20.5. The number of hydrogen-bond donors (Lipinski definition) is 2. The molecule has 2 aromatic rings. The summed E-state index contributed by atoms with van der Waals surface area (Å²) in [6.45, 7) is 12.6. The molecule has 5 aliphatic carbocycles. The molecular formula is C49H65NO. The van der Waals surface area contributed by atoms with Gasteiger partial charge in [-0.3, -0.25) is 0 Å². The number of benzene rings is 2.